The fourth-order valence-corrected chi connectivity index (χ4v) is 4.84. The van der Waals surface area contributed by atoms with Gasteiger partial charge in [-0.05, 0) is 43.6 Å². The second-order valence-corrected chi connectivity index (χ2v) is 7.74. The lowest BCUT2D eigenvalue weighted by atomic mass is 9.97. The van der Waals surface area contributed by atoms with Gasteiger partial charge < -0.3 is 5.32 Å². The molecule has 0 fully saturated rings. The molecule has 2 aromatic heterocycles. The molecular weight excluding hydrogens is 356 g/mol. The van der Waals surface area contributed by atoms with Crippen LogP contribution in [-0.2, 0) is 12.8 Å². The van der Waals surface area contributed by atoms with Crippen molar-refractivity contribution in [3.63, 3.8) is 0 Å². The number of nitrogens with one attached hydrogen (secondary N) is 1. The molecule has 0 atom stereocenters. The molecule has 1 aromatic carbocycles. The maximum absolute atomic E-state index is 11.0. The maximum atomic E-state index is 11.0. The van der Waals surface area contributed by atoms with Gasteiger partial charge in [-0.15, -0.1) is 11.3 Å². The number of hydrogen-bond acceptors (Lipinski definition) is 7. The highest BCUT2D eigenvalue weighted by Crippen LogP contribution is 2.40. The molecule has 1 N–H and O–H groups in total. The van der Waals surface area contributed by atoms with Crippen molar-refractivity contribution >= 4 is 50.5 Å². The van der Waals surface area contributed by atoms with Crippen LogP contribution < -0.4 is 5.32 Å². The Balaban J connectivity index is 1.84. The third-order valence-electron chi connectivity index (χ3n) is 4.30. The summed E-state index contributed by atoms with van der Waals surface area (Å²) in [5.74, 6) is 0.745. The average molecular weight is 372 g/mol. The highest BCUT2D eigenvalue weighted by atomic mass is 32.2. The number of benzene rings is 1. The lowest BCUT2D eigenvalue weighted by Gasteiger charge is -2.13. The molecule has 1 aliphatic rings. The second kappa shape index (κ2) is 6.61. The lowest BCUT2D eigenvalue weighted by Crippen LogP contribution is -2.02. The molecule has 8 heteroatoms. The Bertz CT molecular complexity index is 971. The second-order valence-electron chi connectivity index (χ2n) is 5.88. The van der Waals surface area contributed by atoms with Crippen molar-refractivity contribution in [1.82, 2.24) is 9.97 Å². The zero-order valence-corrected chi connectivity index (χ0v) is 15.2. The van der Waals surface area contributed by atoms with E-state index in [2.05, 4.69) is 15.3 Å². The lowest BCUT2D eigenvalue weighted by molar-refractivity contribution is -0.384. The van der Waals surface area contributed by atoms with E-state index in [9.17, 15) is 10.1 Å². The summed E-state index contributed by atoms with van der Waals surface area (Å²) >= 11 is 3.25. The smallest absolute Gasteiger partial charge is 0.271 e. The van der Waals surface area contributed by atoms with Crippen molar-refractivity contribution in [3.05, 3.63) is 44.8 Å². The number of rotatable bonds is 4. The van der Waals surface area contributed by atoms with Crippen molar-refractivity contribution in [2.45, 2.75) is 30.8 Å². The minimum absolute atomic E-state index is 0.0627. The zero-order valence-electron chi connectivity index (χ0n) is 13.6. The van der Waals surface area contributed by atoms with Crippen LogP contribution in [0.2, 0.25) is 0 Å². The molecule has 4 rings (SSSR count). The molecule has 2 heterocycles. The first-order valence-corrected chi connectivity index (χ1v) is 10.1. The van der Waals surface area contributed by atoms with Crippen molar-refractivity contribution in [3.8, 4) is 0 Å². The Labute approximate surface area is 152 Å². The fourth-order valence-electron chi connectivity index (χ4n) is 3.15. The number of nitrogens with zero attached hydrogens (tertiary/aromatic N) is 3. The van der Waals surface area contributed by atoms with Crippen LogP contribution in [0.1, 0.15) is 23.3 Å². The van der Waals surface area contributed by atoms with Gasteiger partial charge in [0.05, 0.1) is 10.3 Å². The van der Waals surface area contributed by atoms with Crippen molar-refractivity contribution < 1.29 is 4.92 Å². The molecule has 0 bridgehead atoms. The molecule has 0 aliphatic heterocycles. The van der Waals surface area contributed by atoms with Crippen molar-refractivity contribution in [2.75, 3.05) is 11.6 Å². The standard InChI is InChI=1S/C17H16N4O2S2/c1-24-17-19-15(18-10-5-4-6-11(9-10)21(22)23)14-12-7-2-3-8-13(12)25-16(14)20-17/h4-6,9H,2-3,7-8H2,1H3,(H,18,19,20). The molecule has 0 unspecified atom stereocenters. The van der Waals surface area contributed by atoms with Crippen molar-refractivity contribution in [1.29, 1.82) is 0 Å². The molecule has 25 heavy (non-hydrogen) atoms. The number of non-ortho nitro benzene ring substituents is 1. The van der Waals surface area contributed by atoms with Crippen LogP contribution in [0, 0.1) is 10.1 Å². The molecule has 0 spiro atoms. The summed E-state index contributed by atoms with van der Waals surface area (Å²) in [4.78, 5) is 22.3. The quantitative estimate of drug-likeness (QED) is 0.302. The average Bonchev–Trinajstić information content (AvgIpc) is 3.00. The van der Waals surface area contributed by atoms with Crippen LogP contribution in [-0.4, -0.2) is 21.1 Å². The summed E-state index contributed by atoms with van der Waals surface area (Å²) in [6.07, 6.45) is 6.49. The minimum atomic E-state index is -0.388. The first kappa shape index (κ1) is 16.3. The third-order valence-corrected chi connectivity index (χ3v) is 6.03. The predicted molar refractivity (Wildman–Crippen MR) is 102 cm³/mol. The Morgan fingerprint density at radius 1 is 1.28 bits per heavy atom. The highest BCUT2D eigenvalue weighted by molar-refractivity contribution is 7.98. The first-order chi connectivity index (χ1) is 12.2. The number of fused-ring (bicyclic) bond motifs is 3. The number of nitro groups is 1. The van der Waals surface area contributed by atoms with E-state index in [1.165, 1.54) is 47.2 Å². The van der Waals surface area contributed by atoms with Crippen LogP contribution in [0.25, 0.3) is 10.2 Å². The van der Waals surface area contributed by atoms with Crippen LogP contribution in [0.3, 0.4) is 0 Å². The van der Waals surface area contributed by atoms with Crippen LogP contribution in [0.4, 0.5) is 17.2 Å². The summed E-state index contributed by atoms with van der Waals surface area (Å²) < 4.78 is 0. The Kier molecular flexibility index (Phi) is 4.30. The Morgan fingerprint density at radius 2 is 2.12 bits per heavy atom. The van der Waals surface area contributed by atoms with Crippen LogP contribution >= 0.6 is 23.1 Å². The summed E-state index contributed by atoms with van der Waals surface area (Å²) in [7, 11) is 0. The third kappa shape index (κ3) is 3.07. The number of hydrogen-bond donors (Lipinski definition) is 1. The van der Waals surface area contributed by atoms with Gasteiger partial charge in [-0.3, -0.25) is 10.1 Å². The summed E-state index contributed by atoms with van der Waals surface area (Å²) in [5, 5.41) is 16.1. The van der Waals surface area contributed by atoms with E-state index in [1.54, 1.807) is 17.4 Å². The van der Waals surface area contributed by atoms with Gasteiger partial charge in [-0.25, -0.2) is 9.97 Å². The molecular formula is C17H16N4O2S2. The van der Waals surface area contributed by atoms with Gasteiger partial charge in [-0.1, -0.05) is 17.8 Å². The van der Waals surface area contributed by atoms with Gasteiger partial charge in [0, 0.05) is 22.7 Å². The normalized spacial score (nSPS) is 13.6. The molecule has 3 aromatic rings. The first-order valence-electron chi connectivity index (χ1n) is 8.03. The topological polar surface area (TPSA) is 81.0 Å². The fraction of sp³-hybridized carbons (Fsp3) is 0.294. The maximum Gasteiger partial charge on any atom is 0.271 e. The number of nitro benzene ring substituents is 1. The SMILES string of the molecule is CSc1nc(Nc2cccc([N+](=O)[O-])c2)c2c3c(sc2n1)CCCC3. The largest absolute Gasteiger partial charge is 0.339 e. The molecule has 0 saturated heterocycles. The Hall–Kier alpha value is -2.19. The number of aromatic nitrogens is 2. The van der Waals surface area contributed by atoms with E-state index >= 15 is 0 Å². The van der Waals surface area contributed by atoms with Crippen LogP contribution in [0.15, 0.2) is 29.4 Å². The van der Waals surface area contributed by atoms with E-state index in [-0.39, 0.29) is 10.6 Å². The van der Waals surface area contributed by atoms with Gasteiger partial charge in [0.25, 0.3) is 5.69 Å². The van der Waals surface area contributed by atoms with E-state index in [0.717, 1.165) is 28.9 Å². The van der Waals surface area contributed by atoms with Gasteiger partial charge in [0.15, 0.2) is 5.16 Å². The predicted octanol–water partition coefficient (Wildman–Crippen LogP) is 4.94. The summed E-state index contributed by atoms with van der Waals surface area (Å²) in [6, 6.07) is 6.52. The van der Waals surface area contributed by atoms with Gasteiger partial charge in [0.1, 0.15) is 10.6 Å². The molecule has 0 radical (unpaired) electrons. The summed E-state index contributed by atoms with van der Waals surface area (Å²) in [6.45, 7) is 0. The van der Waals surface area contributed by atoms with Crippen molar-refractivity contribution in [2.24, 2.45) is 0 Å². The Morgan fingerprint density at radius 3 is 2.92 bits per heavy atom. The highest BCUT2D eigenvalue weighted by Gasteiger charge is 2.21. The van der Waals surface area contributed by atoms with E-state index in [4.69, 9.17) is 0 Å². The monoisotopic (exact) mass is 372 g/mol. The molecule has 0 saturated carbocycles. The molecule has 6 nitrogen and oxygen atoms in total. The molecule has 128 valence electrons. The summed E-state index contributed by atoms with van der Waals surface area (Å²) in [5.41, 5.74) is 2.07. The van der Waals surface area contributed by atoms with Gasteiger partial charge in [0.2, 0.25) is 0 Å². The van der Waals surface area contributed by atoms with E-state index in [1.807, 2.05) is 12.3 Å². The minimum Gasteiger partial charge on any atom is -0.339 e. The number of aryl methyl sites for hydroxylation is 2. The number of anilines is 2. The van der Waals surface area contributed by atoms with E-state index < -0.39 is 0 Å². The number of thiophene rings is 1. The van der Waals surface area contributed by atoms with Gasteiger partial charge >= 0.3 is 0 Å². The van der Waals surface area contributed by atoms with Gasteiger partial charge in [-0.2, -0.15) is 0 Å². The molecule has 0 amide bonds. The zero-order chi connectivity index (χ0) is 17.4. The van der Waals surface area contributed by atoms with Crippen LogP contribution in [0.5, 0.6) is 0 Å². The molecule has 1 aliphatic carbocycles. The van der Waals surface area contributed by atoms with E-state index in [0.29, 0.717) is 10.8 Å². The number of thioether (sulfide) groups is 1.